The Morgan fingerprint density at radius 2 is 1.61 bits per heavy atom. The number of benzene rings is 2. The van der Waals surface area contributed by atoms with Gasteiger partial charge in [-0.3, -0.25) is 4.79 Å². The maximum atomic E-state index is 12.3. The van der Waals surface area contributed by atoms with Crippen molar-refractivity contribution in [3.8, 4) is 0 Å². The molecule has 0 bridgehead atoms. The van der Waals surface area contributed by atoms with Gasteiger partial charge in [0.05, 0.1) is 11.3 Å². The summed E-state index contributed by atoms with van der Waals surface area (Å²) in [7, 11) is 0. The number of amides is 1. The minimum atomic E-state index is -0.232. The smallest absolute Gasteiger partial charge is 0.233 e. The average molecular weight is 389 g/mol. The first-order valence-electron chi connectivity index (χ1n) is 7.04. The number of nitrogens with one attached hydrogen (secondary N) is 1. The molecule has 0 unspecified atom stereocenters. The van der Waals surface area contributed by atoms with Crippen LogP contribution in [0.15, 0.2) is 47.4 Å². The summed E-state index contributed by atoms with van der Waals surface area (Å²) in [6.07, 6.45) is 0. The Labute approximate surface area is 155 Å². The molecular weight excluding hydrogens is 373 g/mol. The van der Waals surface area contributed by atoms with Crippen LogP contribution >= 0.6 is 46.6 Å². The van der Waals surface area contributed by atoms with Crippen molar-refractivity contribution >= 4 is 52.5 Å². The fourth-order valence-corrected chi connectivity index (χ4v) is 3.61. The molecular formula is C17H16Cl3NOS. The van der Waals surface area contributed by atoms with Gasteiger partial charge in [-0.1, -0.05) is 40.9 Å². The largest absolute Gasteiger partial charge is 0.349 e. The molecule has 0 fully saturated rings. The van der Waals surface area contributed by atoms with E-state index in [0.29, 0.717) is 15.1 Å². The highest BCUT2D eigenvalue weighted by Crippen LogP contribution is 2.28. The summed E-state index contributed by atoms with van der Waals surface area (Å²) < 4.78 is 0. The molecule has 0 spiro atoms. The number of halogens is 3. The second-order valence-electron chi connectivity index (χ2n) is 5.11. The van der Waals surface area contributed by atoms with E-state index in [0.717, 1.165) is 10.5 Å². The van der Waals surface area contributed by atoms with E-state index in [1.165, 1.54) is 11.8 Å². The molecule has 0 aliphatic rings. The maximum Gasteiger partial charge on any atom is 0.233 e. The molecule has 23 heavy (non-hydrogen) atoms. The van der Waals surface area contributed by atoms with Crippen LogP contribution in [0.2, 0.25) is 15.1 Å². The first-order chi connectivity index (χ1) is 10.9. The topological polar surface area (TPSA) is 29.1 Å². The zero-order valence-corrected chi connectivity index (χ0v) is 15.7. The highest BCUT2D eigenvalue weighted by Gasteiger charge is 2.18. The van der Waals surface area contributed by atoms with Gasteiger partial charge in [-0.2, -0.15) is 0 Å². The normalized spacial score (nSPS) is 13.4. The van der Waals surface area contributed by atoms with Gasteiger partial charge in [0.25, 0.3) is 0 Å². The van der Waals surface area contributed by atoms with Crippen molar-refractivity contribution in [2.24, 2.45) is 0 Å². The first-order valence-corrected chi connectivity index (χ1v) is 9.05. The lowest BCUT2D eigenvalue weighted by molar-refractivity contribution is -0.120. The maximum absolute atomic E-state index is 12.3. The van der Waals surface area contributed by atoms with E-state index in [1.54, 1.807) is 12.1 Å². The molecule has 0 aromatic heterocycles. The van der Waals surface area contributed by atoms with Crippen LogP contribution in [-0.2, 0) is 4.79 Å². The molecule has 2 aromatic rings. The molecule has 0 aliphatic carbocycles. The quantitative estimate of drug-likeness (QED) is 0.636. The Kier molecular flexibility index (Phi) is 6.66. The standard InChI is InChI=1S/C17H16Cl3NOS/c1-10(15-8-5-13(19)9-16(15)20)21-17(22)11(2)23-14-6-3-12(18)4-7-14/h3-11H,1-2H3,(H,21,22)/t10-,11-/m0/s1. The molecule has 0 aliphatic heterocycles. The average Bonchev–Trinajstić information content (AvgIpc) is 2.49. The highest BCUT2D eigenvalue weighted by atomic mass is 35.5. The van der Waals surface area contributed by atoms with E-state index in [9.17, 15) is 4.79 Å². The predicted octanol–water partition coefficient (Wildman–Crippen LogP) is 6.00. The van der Waals surface area contributed by atoms with Crippen LogP contribution in [-0.4, -0.2) is 11.2 Å². The van der Waals surface area contributed by atoms with Gasteiger partial charge in [-0.25, -0.2) is 0 Å². The lowest BCUT2D eigenvalue weighted by Crippen LogP contribution is -2.33. The number of hydrogen-bond donors (Lipinski definition) is 1. The molecule has 6 heteroatoms. The van der Waals surface area contributed by atoms with Gasteiger partial charge in [0, 0.05) is 20.0 Å². The highest BCUT2D eigenvalue weighted by molar-refractivity contribution is 8.00. The van der Waals surface area contributed by atoms with Crippen LogP contribution in [0.25, 0.3) is 0 Å². The van der Waals surface area contributed by atoms with Crippen molar-refractivity contribution in [2.75, 3.05) is 0 Å². The first kappa shape index (κ1) is 18.5. The van der Waals surface area contributed by atoms with Crippen molar-refractivity contribution < 1.29 is 4.79 Å². The molecule has 0 heterocycles. The third-order valence-corrected chi connectivity index (χ3v) is 5.21. The van der Waals surface area contributed by atoms with Crippen molar-refractivity contribution in [3.63, 3.8) is 0 Å². The van der Waals surface area contributed by atoms with Crippen molar-refractivity contribution in [1.82, 2.24) is 5.32 Å². The summed E-state index contributed by atoms with van der Waals surface area (Å²) in [5.74, 6) is -0.0523. The van der Waals surface area contributed by atoms with Gasteiger partial charge in [-0.05, 0) is 55.8 Å². The number of thioether (sulfide) groups is 1. The summed E-state index contributed by atoms with van der Waals surface area (Å²) in [6.45, 7) is 3.76. The van der Waals surface area contributed by atoms with Crippen molar-refractivity contribution in [1.29, 1.82) is 0 Å². The lowest BCUT2D eigenvalue weighted by Gasteiger charge is -2.19. The van der Waals surface area contributed by atoms with E-state index in [1.807, 2.05) is 44.2 Å². The zero-order chi connectivity index (χ0) is 17.0. The molecule has 122 valence electrons. The SMILES string of the molecule is C[C@H](Sc1ccc(Cl)cc1)C(=O)N[C@@H](C)c1ccc(Cl)cc1Cl. The Morgan fingerprint density at radius 3 is 2.22 bits per heavy atom. The van der Waals surface area contributed by atoms with Gasteiger partial charge in [0.15, 0.2) is 0 Å². The third-order valence-electron chi connectivity index (χ3n) is 3.28. The Hall–Kier alpha value is -0.870. The molecule has 0 saturated heterocycles. The summed E-state index contributed by atoms with van der Waals surface area (Å²) in [4.78, 5) is 13.3. The molecule has 1 N–H and O–H groups in total. The van der Waals surface area contributed by atoms with Crippen molar-refractivity contribution in [3.05, 3.63) is 63.1 Å². The molecule has 1 amide bonds. The minimum absolute atomic E-state index is 0.0523. The summed E-state index contributed by atoms with van der Waals surface area (Å²) in [5.41, 5.74) is 0.841. The van der Waals surface area contributed by atoms with Crippen LogP contribution in [0.5, 0.6) is 0 Å². The Bertz CT molecular complexity index is 691. The van der Waals surface area contributed by atoms with E-state index in [-0.39, 0.29) is 17.2 Å². The minimum Gasteiger partial charge on any atom is -0.349 e. The second kappa shape index (κ2) is 8.29. The summed E-state index contributed by atoms with van der Waals surface area (Å²) in [5, 5.41) is 4.54. The predicted molar refractivity (Wildman–Crippen MR) is 99.8 cm³/mol. The van der Waals surface area contributed by atoms with Crippen LogP contribution in [0.1, 0.15) is 25.5 Å². The Balaban J connectivity index is 1.98. The monoisotopic (exact) mass is 387 g/mol. The summed E-state index contributed by atoms with van der Waals surface area (Å²) >= 11 is 19.4. The molecule has 2 atom stereocenters. The summed E-state index contributed by atoms with van der Waals surface area (Å²) in [6, 6.07) is 12.5. The van der Waals surface area contributed by atoms with Crippen molar-refractivity contribution in [2.45, 2.75) is 30.0 Å². The van der Waals surface area contributed by atoms with E-state index in [4.69, 9.17) is 34.8 Å². The fraction of sp³-hybridized carbons (Fsp3) is 0.235. The van der Waals surface area contributed by atoms with Crippen LogP contribution < -0.4 is 5.32 Å². The lowest BCUT2D eigenvalue weighted by atomic mass is 10.1. The third kappa shape index (κ3) is 5.32. The van der Waals surface area contributed by atoms with E-state index in [2.05, 4.69) is 5.32 Å². The van der Waals surface area contributed by atoms with Crippen LogP contribution in [0, 0.1) is 0 Å². The molecule has 0 radical (unpaired) electrons. The molecule has 0 saturated carbocycles. The number of carbonyl (C=O) groups excluding carboxylic acids is 1. The number of carbonyl (C=O) groups is 1. The number of hydrogen-bond acceptors (Lipinski definition) is 2. The second-order valence-corrected chi connectivity index (χ2v) is 7.80. The van der Waals surface area contributed by atoms with Crippen LogP contribution in [0.3, 0.4) is 0 Å². The Morgan fingerprint density at radius 1 is 1.00 bits per heavy atom. The van der Waals surface area contributed by atoms with Gasteiger partial charge >= 0.3 is 0 Å². The van der Waals surface area contributed by atoms with Gasteiger partial charge in [-0.15, -0.1) is 11.8 Å². The molecule has 2 nitrogen and oxygen atoms in total. The molecule has 2 rings (SSSR count). The fourth-order valence-electron chi connectivity index (χ4n) is 2.03. The van der Waals surface area contributed by atoms with Gasteiger partial charge in [0.1, 0.15) is 0 Å². The van der Waals surface area contributed by atoms with Gasteiger partial charge < -0.3 is 5.32 Å². The van der Waals surface area contributed by atoms with E-state index < -0.39 is 0 Å². The number of rotatable bonds is 5. The van der Waals surface area contributed by atoms with Gasteiger partial charge in [0.2, 0.25) is 5.91 Å². The zero-order valence-electron chi connectivity index (χ0n) is 12.6. The molecule has 2 aromatic carbocycles. The van der Waals surface area contributed by atoms with E-state index >= 15 is 0 Å². The van der Waals surface area contributed by atoms with Crippen LogP contribution in [0.4, 0.5) is 0 Å².